The van der Waals surface area contributed by atoms with Gasteiger partial charge in [-0.2, -0.15) is 5.26 Å². The van der Waals surface area contributed by atoms with E-state index >= 15 is 0 Å². The van der Waals surface area contributed by atoms with Crippen LogP contribution in [-0.2, 0) is 4.79 Å². The van der Waals surface area contributed by atoms with E-state index in [4.69, 9.17) is 10.4 Å². The number of carbonyl (C=O) groups is 1. The van der Waals surface area contributed by atoms with Crippen molar-refractivity contribution < 1.29 is 14.8 Å². The summed E-state index contributed by atoms with van der Waals surface area (Å²) < 4.78 is 0. The van der Waals surface area contributed by atoms with Gasteiger partial charge >= 0.3 is 5.97 Å². The van der Waals surface area contributed by atoms with Gasteiger partial charge in [-0.05, 0) is 25.0 Å². The van der Waals surface area contributed by atoms with Crippen LogP contribution in [0, 0.1) is 21.4 Å². The Hall–Kier alpha value is -2.62. The lowest BCUT2D eigenvalue weighted by Gasteiger charge is -2.25. The van der Waals surface area contributed by atoms with Crippen molar-refractivity contribution in [2.45, 2.75) is 25.3 Å². The molecule has 0 saturated carbocycles. The standard InChI is InChI=1S/C13H13N3O4/c14-8-9-3-4-11(12(6-9)16(19)20)15-5-1-2-10(15)7-13(17)18/h3-4,6,10H,1-2,5,7H2,(H,17,18). The molecule has 104 valence electrons. The summed E-state index contributed by atoms with van der Waals surface area (Å²) in [6.07, 6.45) is 1.45. The molecule has 7 heteroatoms. The van der Waals surface area contributed by atoms with Crippen LogP contribution in [0.4, 0.5) is 11.4 Å². The van der Waals surface area contributed by atoms with Crippen LogP contribution in [0.25, 0.3) is 0 Å². The Morgan fingerprint density at radius 3 is 2.95 bits per heavy atom. The average molecular weight is 275 g/mol. The number of nitro benzene ring substituents is 1. The van der Waals surface area contributed by atoms with Crippen molar-refractivity contribution in [2.24, 2.45) is 0 Å². The van der Waals surface area contributed by atoms with Crippen LogP contribution in [-0.4, -0.2) is 28.6 Å². The molecule has 0 radical (unpaired) electrons. The third-order valence-corrected chi connectivity index (χ3v) is 3.40. The van der Waals surface area contributed by atoms with Crippen LogP contribution < -0.4 is 4.90 Å². The average Bonchev–Trinajstić information content (AvgIpc) is 2.85. The Kier molecular flexibility index (Phi) is 3.84. The molecule has 1 aromatic rings. The zero-order valence-electron chi connectivity index (χ0n) is 10.7. The van der Waals surface area contributed by atoms with Crippen molar-refractivity contribution in [3.63, 3.8) is 0 Å². The number of carboxylic acid groups (broad SMARTS) is 1. The van der Waals surface area contributed by atoms with Crippen LogP contribution >= 0.6 is 0 Å². The molecule has 1 unspecified atom stereocenters. The van der Waals surface area contributed by atoms with Crippen LogP contribution in [0.5, 0.6) is 0 Å². The van der Waals surface area contributed by atoms with Crippen molar-refractivity contribution in [1.82, 2.24) is 0 Å². The molecule has 0 bridgehead atoms. The first-order valence-electron chi connectivity index (χ1n) is 6.20. The highest BCUT2D eigenvalue weighted by atomic mass is 16.6. The topological polar surface area (TPSA) is 107 Å². The summed E-state index contributed by atoms with van der Waals surface area (Å²) >= 11 is 0. The Balaban J connectivity index is 2.38. The predicted octanol–water partition coefficient (Wildman–Crippen LogP) is 1.91. The van der Waals surface area contributed by atoms with Crippen molar-refractivity contribution in [3.8, 4) is 6.07 Å². The number of nitrogens with zero attached hydrogens (tertiary/aromatic N) is 3. The zero-order valence-corrected chi connectivity index (χ0v) is 10.7. The van der Waals surface area contributed by atoms with Gasteiger partial charge in [0.05, 0.1) is 23.0 Å². The minimum Gasteiger partial charge on any atom is -0.481 e. The van der Waals surface area contributed by atoms with Gasteiger partial charge in [0.15, 0.2) is 0 Å². The SMILES string of the molecule is N#Cc1ccc(N2CCCC2CC(=O)O)c([N+](=O)[O-])c1. The normalized spacial score (nSPS) is 17.8. The van der Waals surface area contributed by atoms with Crippen molar-refractivity contribution in [1.29, 1.82) is 5.26 Å². The van der Waals surface area contributed by atoms with Crippen molar-refractivity contribution >= 4 is 17.3 Å². The fourth-order valence-corrected chi connectivity index (χ4v) is 2.55. The van der Waals surface area contributed by atoms with Gasteiger partial charge in [0, 0.05) is 18.7 Å². The lowest BCUT2D eigenvalue weighted by atomic mass is 10.1. The van der Waals surface area contributed by atoms with Crippen LogP contribution in [0.3, 0.4) is 0 Å². The second kappa shape index (κ2) is 5.57. The van der Waals surface area contributed by atoms with E-state index in [1.54, 1.807) is 4.90 Å². The molecule has 1 N–H and O–H groups in total. The highest BCUT2D eigenvalue weighted by molar-refractivity contribution is 5.71. The Morgan fingerprint density at radius 1 is 1.60 bits per heavy atom. The van der Waals surface area contributed by atoms with Crippen molar-refractivity contribution in [3.05, 3.63) is 33.9 Å². The second-order valence-electron chi connectivity index (χ2n) is 4.66. The summed E-state index contributed by atoms with van der Waals surface area (Å²) in [5.41, 5.74) is 0.452. The van der Waals surface area contributed by atoms with Crippen LogP contribution in [0.2, 0.25) is 0 Å². The van der Waals surface area contributed by atoms with Gasteiger partial charge in [-0.3, -0.25) is 14.9 Å². The third kappa shape index (κ3) is 2.69. The third-order valence-electron chi connectivity index (χ3n) is 3.40. The van der Waals surface area contributed by atoms with Gasteiger partial charge in [0.1, 0.15) is 5.69 Å². The molecule has 0 aromatic heterocycles. The number of benzene rings is 1. The maximum absolute atomic E-state index is 11.1. The number of hydrogen-bond acceptors (Lipinski definition) is 5. The molecule has 1 atom stereocenters. The predicted molar refractivity (Wildman–Crippen MR) is 70.4 cm³/mol. The molecule has 1 heterocycles. The number of hydrogen-bond donors (Lipinski definition) is 1. The van der Waals surface area contributed by atoms with E-state index in [0.29, 0.717) is 18.7 Å². The molecule has 1 saturated heterocycles. The number of aliphatic carboxylic acids is 1. The fourth-order valence-electron chi connectivity index (χ4n) is 2.55. The minimum atomic E-state index is -0.918. The Morgan fingerprint density at radius 2 is 2.35 bits per heavy atom. The summed E-state index contributed by atoms with van der Waals surface area (Å²) in [5.74, 6) is -0.918. The molecule has 0 amide bonds. The van der Waals surface area contributed by atoms with Gasteiger partial charge < -0.3 is 10.0 Å². The van der Waals surface area contributed by atoms with Crippen LogP contribution in [0.15, 0.2) is 18.2 Å². The van der Waals surface area contributed by atoms with Crippen molar-refractivity contribution in [2.75, 3.05) is 11.4 Å². The highest BCUT2D eigenvalue weighted by Crippen LogP contribution is 2.35. The molecular weight excluding hydrogens is 262 g/mol. The van der Waals surface area contributed by atoms with Gasteiger partial charge in [0.2, 0.25) is 0 Å². The Labute approximate surface area is 115 Å². The number of carboxylic acids is 1. The lowest BCUT2D eigenvalue weighted by molar-refractivity contribution is -0.384. The fraction of sp³-hybridized carbons (Fsp3) is 0.385. The van der Waals surface area contributed by atoms with Gasteiger partial charge in [0.25, 0.3) is 5.69 Å². The maximum atomic E-state index is 11.1. The quantitative estimate of drug-likeness (QED) is 0.664. The molecule has 20 heavy (non-hydrogen) atoms. The Bertz CT molecular complexity index is 594. The monoisotopic (exact) mass is 275 g/mol. The molecule has 7 nitrogen and oxygen atoms in total. The first-order chi connectivity index (χ1) is 9.52. The van der Waals surface area contributed by atoms with Crippen LogP contribution in [0.1, 0.15) is 24.8 Å². The summed E-state index contributed by atoms with van der Waals surface area (Å²) in [4.78, 5) is 23.2. The summed E-state index contributed by atoms with van der Waals surface area (Å²) in [7, 11) is 0. The van der Waals surface area contributed by atoms with Gasteiger partial charge in [-0.15, -0.1) is 0 Å². The number of nitriles is 1. The maximum Gasteiger partial charge on any atom is 0.305 e. The number of anilines is 1. The first kappa shape index (κ1) is 13.8. The van der Waals surface area contributed by atoms with E-state index in [-0.39, 0.29) is 23.7 Å². The molecular formula is C13H13N3O4. The highest BCUT2D eigenvalue weighted by Gasteiger charge is 2.31. The molecule has 0 spiro atoms. The van der Waals surface area contributed by atoms with Gasteiger partial charge in [-0.25, -0.2) is 0 Å². The summed E-state index contributed by atoms with van der Waals surface area (Å²) in [5, 5.41) is 28.8. The number of nitro groups is 1. The zero-order chi connectivity index (χ0) is 14.7. The molecule has 1 aromatic carbocycles. The number of rotatable bonds is 4. The van der Waals surface area contributed by atoms with E-state index in [2.05, 4.69) is 0 Å². The largest absolute Gasteiger partial charge is 0.481 e. The smallest absolute Gasteiger partial charge is 0.305 e. The van der Waals surface area contributed by atoms with E-state index in [9.17, 15) is 14.9 Å². The second-order valence-corrected chi connectivity index (χ2v) is 4.66. The summed E-state index contributed by atoms with van der Waals surface area (Å²) in [6.45, 7) is 0.588. The molecule has 2 rings (SSSR count). The molecule has 1 fully saturated rings. The van der Waals surface area contributed by atoms with Gasteiger partial charge in [-0.1, -0.05) is 0 Å². The van der Waals surface area contributed by atoms with E-state index in [0.717, 1.165) is 6.42 Å². The minimum absolute atomic E-state index is 0.0445. The molecule has 1 aliphatic heterocycles. The van der Waals surface area contributed by atoms with E-state index in [1.165, 1.54) is 18.2 Å². The molecule has 0 aliphatic carbocycles. The molecule has 1 aliphatic rings. The summed E-state index contributed by atoms with van der Waals surface area (Å²) in [6, 6.07) is 5.89. The first-order valence-corrected chi connectivity index (χ1v) is 6.20. The lowest BCUT2D eigenvalue weighted by Crippen LogP contribution is -2.31. The van der Waals surface area contributed by atoms with E-state index in [1.807, 2.05) is 6.07 Å². The van der Waals surface area contributed by atoms with E-state index < -0.39 is 10.9 Å².